The fraction of sp³-hybridized carbons (Fsp3) is 1.00. The van der Waals surface area contributed by atoms with Crippen molar-refractivity contribution in [1.82, 2.24) is 10.2 Å². The first-order valence-corrected chi connectivity index (χ1v) is 6.25. The van der Waals surface area contributed by atoms with Gasteiger partial charge in [-0.25, -0.2) is 0 Å². The molecule has 90 valence electrons. The van der Waals surface area contributed by atoms with Crippen LogP contribution in [0.2, 0.25) is 0 Å². The van der Waals surface area contributed by atoms with Crippen molar-refractivity contribution in [2.45, 2.75) is 45.3 Å². The zero-order valence-corrected chi connectivity index (χ0v) is 10.5. The van der Waals surface area contributed by atoms with E-state index in [1.165, 1.54) is 32.4 Å². The highest BCUT2D eigenvalue weighted by Gasteiger charge is 2.21. The number of ether oxygens (including phenoxy) is 1. The predicted octanol–water partition coefficient (Wildman–Crippen LogP) is 1.49. The molecule has 1 aliphatic heterocycles. The third-order valence-electron chi connectivity index (χ3n) is 3.30. The third-order valence-corrected chi connectivity index (χ3v) is 3.30. The molecular weight excluding hydrogens is 188 g/mol. The molecule has 0 radical (unpaired) electrons. The minimum atomic E-state index is 0.497. The molecule has 3 heteroatoms. The largest absolute Gasteiger partial charge is 0.381 e. The van der Waals surface area contributed by atoms with Gasteiger partial charge in [0.1, 0.15) is 0 Å². The van der Waals surface area contributed by atoms with E-state index in [0.717, 1.165) is 13.1 Å². The summed E-state index contributed by atoms with van der Waals surface area (Å²) >= 11 is 0. The van der Waals surface area contributed by atoms with Crippen LogP contribution in [-0.4, -0.2) is 50.3 Å². The topological polar surface area (TPSA) is 24.5 Å². The van der Waals surface area contributed by atoms with Gasteiger partial charge in [0.2, 0.25) is 0 Å². The van der Waals surface area contributed by atoms with Gasteiger partial charge >= 0.3 is 0 Å². The standard InChI is InChI=1S/C12H26N2O/c1-4-7-13-10-11(2)14-8-5-12(15-3)6-9-14/h11-13H,4-10H2,1-3H3. The molecule has 1 atom stereocenters. The average molecular weight is 214 g/mol. The molecule has 0 bridgehead atoms. The van der Waals surface area contributed by atoms with Crippen LogP contribution in [-0.2, 0) is 4.74 Å². The first kappa shape index (κ1) is 12.9. The van der Waals surface area contributed by atoms with E-state index in [2.05, 4.69) is 24.1 Å². The molecule has 0 aliphatic carbocycles. The fourth-order valence-electron chi connectivity index (χ4n) is 2.17. The summed E-state index contributed by atoms with van der Waals surface area (Å²) in [5.41, 5.74) is 0. The van der Waals surface area contributed by atoms with E-state index in [0.29, 0.717) is 12.1 Å². The molecule has 0 amide bonds. The van der Waals surface area contributed by atoms with Crippen molar-refractivity contribution in [2.75, 3.05) is 33.3 Å². The lowest BCUT2D eigenvalue weighted by atomic mass is 10.1. The molecule has 0 aromatic heterocycles. The van der Waals surface area contributed by atoms with Gasteiger partial charge in [0.05, 0.1) is 6.10 Å². The zero-order chi connectivity index (χ0) is 11.1. The summed E-state index contributed by atoms with van der Waals surface area (Å²) in [6, 6.07) is 0.661. The van der Waals surface area contributed by atoms with Gasteiger partial charge < -0.3 is 10.1 Å². The summed E-state index contributed by atoms with van der Waals surface area (Å²) < 4.78 is 5.38. The van der Waals surface area contributed by atoms with Crippen LogP contribution in [0.4, 0.5) is 0 Å². The quantitative estimate of drug-likeness (QED) is 0.678. The number of methoxy groups -OCH3 is 1. The highest BCUT2D eigenvalue weighted by molar-refractivity contribution is 4.77. The molecule has 1 N–H and O–H groups in total. The summed E-state index contributed by atoms with van der Waals surface area (Å²) in [6.45, 7) is 9.16. The maximum atomic E-state index is 5.38. The Hall–Kier alpha value is -0.120. The minimum Gasteiger partial charge on any atom is -0.381 e. The average Bonchev–Trinajstić information content (AvgIpc) is 2.29. The zero-order valence-electron chi connectivity index (χ0n) is 10.5. The minimum absolute atomic E-state index is 0.497. The Bertz CT molecular complexity index is 156. The van der Waals surface area contributed by atoms with Gasteiger partial charge in [-0.15, -0.1) is 0 Å². The number of hydrogen-bond donors (Lipinski definition) is 1. The third kappa shape index (κ3) is 4.49. The van der Waals surface area contributed by atoms with E-state index in [-0.39, 0.29) is 0 Å². The Labute approximate surface area is 94.2 Å². The van der Waals surface area contributed by atoms with Crippen LogP contribution >= 0.6 is 0 Å². The maximum absolute atomic E-state index is 5.38. The SMILES string of the molecule is CCCNCC(C)N1CCC(OC)CC1. The van der Waals surface area contributed by atoms with E-state index < -0.39 is 0 Å². The van der Waals surface area contributed by atoms with Crippen LogP contribution in [0.15, 0.2) is 0 Å². The Morgan fingerprint density at radius 1 is 1.40 bits per heavy atom. The Kier molecular flexibility index (Phi) is 6.22. The molecule has 15 heavy (non-hydrogen) atoms. The van der Waals surface area contributed by atoms with Crippen LogP contribution in [0.25, 0.3) is 0 Å². The molecule has 1 unspecified atom stereocenters. The van der Waals surface area contributed by atoms with E-state index >= 15 is 0 Å². The molecule has 0 aromatic rings. The second-order valence-electron chi connectivity index (χ2n) is 4.52. The van der Waals surface area contributed by atoms with Crippen LogP contribution in [0.5, 0.6) is 0 Å². The Morgan fingerprint density at radius 2 is 2.07 bits per heavy atom. The van der Waals surface area contributed by atoms with Crippen molar-refractivity contribution >= 4 is 0 Å². The lowest BCUT2D eigenvalue weighted by Crippen LogP contribution is -2.46. The summed E-state index contributed by atoms with van der Waals surface area (Å²) in [5.74, 6) is 0. The number of hydrogen-bond acceptors (Lipinski definition) is 3. The molecule has 1 rings (SSSR count). The monoisotopic (exact) mass is 214 g/mol. The lowest BCUT2D eigenvalue weighted by Gasteiger charge is -2.35. The molecule has 0 spiro atoms. The van der Waals surface area contributed by atoms with E-state index in [9.17, 15) is 0 Å². The lowest BCUT2D eigenvalue weighted by molar-refractivity contribution is 0.0298. The normalized spacial score (nSPS) is 21.8. The first-order valence-electron chi connectivity index (χ1n) is 6.25. The van der Waals surface area contributed by atoms with Crippen molar-refractivity contribution in [3.63, 3.8) is 0 Å². The van der Waals surface area contributed by atoms with Gasteiger partial charge in [-0.05, 0) is 32.7 Å². The number of likely N-dealkylation sites (tertiary alicyclic amines) is 1. The van der Waals surface area contributed by atoms with Crippen molar-refractivity contribution in [3.05, 3.63) is 0 Å². The van der Waals surface area contributed by atoms with Gasteiger partial charge in [-0.2, -0.15) is 0 Å². The van der Waals surface area contributed by atoms with Gasteiger partial charge in [0, 0.05) is 32.8 Å². The Morgan fingerprint density at radius 3 is 2.60 bits per heavy atom. The van der Waals surface area contributed by atoms with Gasteiger partial charge in [-0.3, -0.25) is 4.90 Å². The molecule has 1 aliphatic rings. The van der Waals surface area contributed by atoms with E-state index in [4.69, 9.17) is 4.74 Å². The smallest absolute Gasteiger partial charge is 0.0595 e. The van der Waals surface area contributed by atoms with Gasteiger partial charge in [0.25, 0.3) is 0 Å². The van der Waals surface area contributed by atoms with Crippen molar-refractivity contribution in [3.8, 4) is 0 Å². The van der Waals surface area contributed by atoms with Crippen molar-refractivity contribution < 1.29 is 4.74 Å². The maximum Gasteiger partial charge on any atom is 0.0595 e. The molecule has 0 aromatic carbocycles. The fourth-order valence-corrected chi connectivity index (χ4v) is 2.17. The molecule has 1 fully saturated rings. The van der Waals surface area contributed by atoms with Crippen LogP contribution in [0.3, 0.4) is 0 Å². The molecular formula is C12H26N2O. The van der Waals surface area contributed by atoms with Crippen LogP contribution in [0.1, 0.15) is 33.1 Å². The van der Waals surface area contributed by atoms with Crippen LogP contribution < -0.4 is 5.32 Å². The highest BCUT2D eigenvalue weighted by Crippen LogP contribution is 2.14. The van der Waals surface area contributed by atoms with E-state index in [1.807, 2.05) is 7.11 Å². The van der Waals surface area contributed by atoms with Crippen molar-refractivity contribution in [1.29, 1.82) is 0 Å². The number of nitrogens with one attached hydrogen (secondary N) is 1. The van der Waals surface area contributed by atoms with E-state index in [1.54, 1.807) is 0 Å². The summed E-state index contributed by atoms with van der Waals surface area (Å²) in [5, 5.41) is 3.48. The summed E-state index contributed by atoms with van der Waals surface area (Å²) in [7, 11) is 1.83. The van der Waals surface area contributed by atoms with Crippen LogP contribution in [0, 0.1) is 0 Å². The number of piperidine rings is 1. The summed E-state index contributed by atoms with van der Waals surface area (Å²) in [4.78, 5) is 2.57. The molecule has 1 heterocycles. The highest BCUT2D eigenvalue weighted by atomic mass is 16.5. The second kappa shape index (κ2) is 7.20. The number of nitrogens with zero attached hydrogens (tertiary/aromatic N) is 1. The van der Waals surface area contributed by atoms with Crippen molar-refractivity contribution in [2.24, 2.45) is 0 Å². The van der Waals surface area contributed by atoms with Gasteiger partial charge in [-0.1, -0.05) is 6.92 Å². The summed E-state index contributed by atoms with van der Waals surface area (Å²) in [6.07, 6.45) is 4.10. The molecule has 0 saturated carbocycles. The molecule has 3 nitrogen and oxygen atoms in total. The first-order chi connectivity index (χ1) is 7.27. The van der Waals surface area contributed by atoms with Gasteiger partial charge in [0.15, 0.2) is 0 Å². The number of rotatable bonds is 6. The predicted molar refractivity (Wildman–Crippen MR) is 64.2 cm³/mol. The molecule has 1 saturated heterocycles. The Balaban J connectivity index is 2.15. The second-order valence-corrected chi connectivity index (χ2v) is 4.52.